The molecule has 26 heavy (non-hydrogen) atoms. The fourth-order valence-electron chi connectivity index (χ4n) is 2.13. The second-order valence-electron chi connectivity index (χ2n) is 7.75. The molecule has 0 rings (SSSR count). The van der Waals surface area contributed by atoms with Crippen molar-refractivity contribution in [3.05, 3.63) is 47.6 Å². The second kappa shape index (κ2) is 11.7. The molecule has 4 nitrogen and oxygen atoms in total. The third-order valence-electron chi connectivity index (χ3n) is 3.38. The quantitative estimate of drug-likeness (QED) is 0.243. The Morgan fingerprint density at radius 2 is 1.77 bits per heavy atom. The molecule has 0 saturated heterocycles. The number of phosphoric ester groups is 1. The molecular formula is C21H37O4P. The van der Waals surface area contributed by atoms with Crippen molar-refractivity contribution >= 4 is 7.82 Å². The molecule has 2 unspecified atom stereocenters. The zero-order chi connectivity index (χ0) is 20.4. The smallest absolute Gasteiger partial charge is 0.302 e. The predicted octanol–water partition coefficient (Wildman–Crippen LogP) is 6.75. The van der Waals surface area contributed by atoms with Crippen molar-refractivity contribution in [2.75, 3.05) is 0 Å². The topological polar surface area (TPSA) is 55.8 Å². The lowest BCUT2D eigenvalue weighted by Crippen LogP contribution is -2.21. The van der Waals surface area contributed by atoms with Gasteiger partial charge in [-0.25, -0.2) is 4.57 Å². The van der Waals surface area contributed by atoms with E-state index in [1.54, 1.807) is 33.8 Å². The highest BCUT2D eigenvalue weighted by molar-refractivity contribution is 7.47. The maximum atomic E-state index is 11.9. The van der Waals surface area contributed by atoms with Gasteiger partial charge in [0.05, 0.1) is 11.7 Å². The monoisotopic (exact) mass is 384 g/mol. The third-order valence-corrected chi connectivity index (χ3v) is 4.77. The molecule has 150 valence electrons. The van der Waals surface area contributed by atoms with Crippen LogP contribution in [0.25, 0.3) is 0 Å². The van der Waals surface area contributed by atoms with Gasteiger partial charge < -0.3 is 4.89 Å². The van der Waals surface area contributed by atoms with Crippen LogP contribution in [-0.2, 0) is 13.6 Å². The van der Waals surface area contributed by atoms with Crippen LogP contribution in [0.5, 0.6) is 0 Å². The Hall–Kier alpha value is -0.930. The number of phosphoric acid groups is 1. The standard InChI is InChI=1S/C21H37O4P/c1-17(2)11-9-12-19(5)13-10-14-20(6)15-16-21(7,8)25-26(22,23)24-18(3)4/h10-11,13-16,18,20H,9,12H2,1-8H3,(H,22,23)/b14-10+,16-15+,19-13+. The van der Waals surface area contributed by atoms with Gasteiger partial charge in [0.25, 0.3) is 0 Å². The zero-order valence-electron chi connectivity index (χ0n) is 17.7. The van der Waals surface area contributed by atoms with Gasteiger partial charge in [-0.2, -0.15) is 0 Å². The minimum absolute atomic E-state index is 0.184. The molecule has 0 aliphatic rings. The first-order valence-corrected chi connectivity index (χ1v) is 10.7. The average molecular weight is 384 g/mol. The summed E-state index contributed by atoms with van der Waals surface area (Å²) in [5.41, 5.74) is 1.80. The van der Waals surface area contributed by atoms with Crippen LogP contribution in [-0.4, -0.2) is 16.6 Å². The van der Waals surface area contributed by atoms with Gasteiger partial charge in [0.1, 0.15) is 0 Å². The van der Waals surface area contributed by atoms with Crippen LogP contribution >= 0.6 is 7.82 Å². The SMILES string of the molecule is CC(C)=CCC/C(C)=C/C=C/C(C)/C=C/C(C)(C)OP(=O)(O)OC(C)C. The van der Waals surface area contributed by atoms with E-state index in [1.165, 1.54) is 11.1 Å². The van der Waals surface area contributed by atoms with Crippen molar-refractivity contribution in [3.8, 4) is 0 Å². The van der Waals surface area contributed by atoms with Gasteiger partial charge in [0.2, 0.25) is 0 Å². The van der Waals surface area contributed by atoms with E-state index in [1.807, 2.05) is 6.08 Å². The predicted molar refractivity (Wildman–Crippen MR) is 111 cm³/mol. The summed E-state index contributed by atoms with van der Waals surface area (Å²) >= 11 is 0. The molecule has 0 fully saturated rings. The number of hydrogen-bond acceptors (Lipinski definition) is 3. The largest absolute Gasteiger partial charge is 0.473 e. The first-order valence-electron chi connectivity index (χ1n) is 9.21. The van der Waals surface area contributed by atoms with Gasteiger partial charge in [-0.3, -0.25) is 9.05 Å². The van der Waals surface area contributed by atoms with Crippen LogP contribution in [0, 0.1) is 5.92 Å². The summed E-state index contributed by atoms with van der Waals surface area (Å²) in [6, 6.07) is 0. The second-order valence-corrected chi connectivity index (χ2v) is 9.08. The number of hydrogen-bond donors (Lipinski definition) is 1. The van der Waals surface area contributed by atoms with Gasteiger partial charge >= 0.3 is 7.82 Å². The number of rotatable bonds is 11. The Labute approximate surface area is 160 Å². The lowest BCUT2D eigenvalue weighted by molar-refractivity contribution is 0.0649. The van der Waals surface area contributed by atoms with Crippen molar-refractivity contribution < 1.29 is 18.5 Å². The van der Waals surface area contributed by atoms with Crippen LogP contribution < -0.4 is 0 Å². The molecule has 0 bridgehead atoms. The van der Waals surface area contributed by atoms with E-state index in [-0.39, 0.29) is 12.0 Å². The summed E-state index contributed by atoms with van der Waals surface area (Å²) in [7, 11) is -4.07. The highest BCUT2D eigenvalue weighted by atomic mass is 31.2. The fraction of sp³-hybridized carbons (Fsp3) is 0.619. The lowest BCUT2D eigenvalue weighted by Gasteiger charge is -2.25. The van der Waals surface area contributed by atoms with E-state index in [2.05, 4.69) is 52.0 Å². The first-order chi connectivity index (χ1) is 11.8. The molecule has 5 heteroatoms. The summed E-state index contributed by atoms with van der Waals surface area (Å²) in [5, 5.41) is 0. The molecule has 2 atom stereocenters. The Morgan fingerprint density at radius 1 is 1.15 bits per heavy atom. The van der Waals surface area contributed by atoms with E-state index in [9.17, 15) is 9.46 Å². The zero-order valence-corrected chi connectivity index (χ0v) is 18.5. The Morgan fingerprint density at radius 3 is 2.31 bits per heavy atom. The van der Waals surface area contributed by atoms with Crippen molar-refractivity contribution in [1.82, 2.24) is 0 Å². The maximum Gasteiger partial charge on any atom is 0.473 e. The minimum atomic E-state index is -4.07. The van der Waals surface area contributed by atoms with Crippen molar-refractivity contribution in [2.45, 2.75) is 79.9 Å². The van der Waals surface area contributed by atoms with E-state index in [0.717, 1.165) is 12.8 Å². The molecule has 0 radical (unpaired) electrons. The van der Waals surface area contributed by atoms with E-state index in [4.69, 9.17) is 9.05 Å². The third kappa shape index (κ3) is 14.3. The molecule has 0 aliphatic heterocycles. The van der Waals surface area contributed by atoms with Crippen molar-refractivity contribution in [2.24, 2.45) is 5.92 Å². The van der Waals surface area contributed by atoms with Crippen LogP contribution in [0.4, 0.5) is 0 Å². The maximum absolute atomic E-state index is 11.9. The van der Waals surface area contributed by atoms with Crippen LogP contribution in [0.15, 0.2) is 47.6 Å². The summed E-state index contributed by atoms with van der Waals surface area (Å²) in [4.78, 5) is 9.74. The van der Waals surface area contributed by atoms with Crippen molar-refractivity contribution in [3.63, 3.8) is 0 Å². The molecule has 0 spiro atoms. The minimum Gasteiger partial charge on any atom is -0.302 e. The first kappa shape index (κ1) is 25.1. The van der Waals surface area contributed by atoms with Gasteiger partial charge in [-0.1, -0.05) is 54.5 Å². The molecule has 0 amide bonds. The van der Waals surface area contributed by atoms with Crippen LogP contribution in [0.2, 0.25) is 0 Å². The molecule has 0 aromatic rings. The molecular weight excluding hydrogens is 347 g/mol. The summed E-state index contributed by atoms with van der Waals surface area (Å²) in [5.74, 6) is 0.184. The van der Waals surface area contributed by atoms with E-state index < -0.39 is 13.4 Å². The van der Waals surface area contributed by atoms with Gasteiger partial charge in [-0.05, 0) is 67.2 Å². The van der Waals surface area contributed by atoms with Crippen LogP contribution in [0.3, 0.4) is 0 Å². The molecule has 1 N–H and O–H groups in total. The van der Waals surface area contributed by atoms with Gasteiger partial charge in [0, 0.05) is 0 Å². The molecule has 0 aliphatic carbocycles. The normalized spacial score (nSPS) is 17.1. The average Bonchev–Trinajstić information content (AvgIpc) is 2.42. The summed E-state index contributed by atoms with van der Waals surface area (Å²) < 4.78 is 22.1. The van der Waals surface area contributed by atoms with E-state index in [0.29, 0.717) is 0 Å². The highest BCUT2D eigenvalue weighted by Gasteiger charge is 2.31. The summed E-state index contributed by atoms with van der Waals surface area (Å²) in [6.07, 6.45) is 14.0. The lowest BCUT2D eigenvalue weighted by atomic mass is 10.0. The highest BCUT2D eigenvalue weighted by Crippen LogP contribution is 2.48. The fourth-order valence-corrected chi connectivity index (χ4v) is 3.36. The molecule has 0 heterocycles. The summed E-state index contributed by atoms with van der Waals surface area (Å²) in [6.45, 7) is 15.3. The number of allylic oxidation sites excluding steroid dienone is 7. The Bertz CT molecular complexity index is 579. The van der Waals surface area contributed by atoms with Crippen molar-refractivity contribution in [1.29, 1.82) is 0 Å². The molecule has 0 aromatic heterocycles. The van der Waals surface area contributed by atoms with Gasteiger partial charge in [0.15, 0.2) is 0 Å². The Balaban J connectivity index is 4.62. The van der Waals surface area contributed by atoms with Gasteiger partial charge in [-0.15, -0.1) is 0 Å². The molecule has 0 saturated carbocycles. The van der Waals surface area contributed by atoms with E-state index >= 15 is 0 Å². The molecule has 0 aromatic carbocycles. The van der Waals surface area contributed by atoms with Crippen LogP contribution in [0.1, 0.15) is 68.2 Å². The Kier molecular flexibility index (Phi) is 11.3.